The monoisotopic (exact) mass is 214 g/mol. The Bertz CT molecular complexity index is 460. The van der Waals surface area contributed by atoms with Crippen molar-refractivity contribution in [3.05, 3.63) is 42.5 Å². The summed E-state index contributed by atoms with van der Waals surface area (Å²) in [7, 11) is 0. The van der Waals surface area contributed by atoms with Gasteiger partial charge in [-0.1, -0.05) is 0 Å². The lowest BCUT2D eigenvalue weighted by Gasteiger charge is -2.05. The van der Waals surface area contributed by atoms with Crippen molar-refractivity contribution in [1.82, 2.24) is 20.1 Å². The molecule has 0 radical (unpaired) electrons. The van der Waals surface area contributed by atoms with Crippen LogP contribution in [-0.4, -0.2) is 20.8 Å². The number of nitrogens with one attached hydrogen (secondary N) is 1. The fourth-order valence-corrected chi connectivity index (χ4v) is 1.66. The van der Waals surface area contributed by atoms with Crippen LogP contribution in [0.5, 0.6) is 0 Å². The second-order valence-electron chi connectivity index (χ2n) is 4.11. The first-order valence-corrected chi connectivity index (χ1v) is 5.60. The number of rotatable bonds is 4. The molecule has 0 unspecified atom stereocenters. The van der Waals surface area contributed by atoms with Crippen molar-refractivity contribution in [2.75, 3.05) is 0 Å². The fourth-order valence-electron chi connectivity index (χ4n) is 1.66. The van der Waals surface area contributed by atoms with E-state index in [-0.39, 0.29) is 0 Å². The minimum Gasteiger partial charge on any atom is -0.308 e. The van der Waals surface area contributed by atoms with Crippen LogP contribution in [0.2, 0.25) is 0 Å². The van der Waals surface area contributed by atoms with E-state index in [1.165, 1.54) is 12.8 Å². The molecule has 82 valence electrons. The van der Waals surface area contributed by atoms with Gasteiger partial charge in [-0.25, -0.2) is 4.68 Å². The number of hydrogen-bond acceptors (Lipinski definition) is 3. The van der Waals surface area contributed by atoms with Crippen LogP contribution < -0.4 is 5.32 Å². The average molecular weight is 214 g/mol. The molecule has 2 aromatic rings. The van der Waals surface area contributed by atoms with Crippen LogP contribution in [0.1, 0.15) is 18.5 Å². The van der Waals surface area contributed by atoms with Crippen molar-refractivity contribution >= 4 is 0 Å². The molecule has 1 N–H and O–H groups in total. The molecule has 0 spiro atoms. The number of hydrogen-bond donors (Lipinski definition) is 1. The summed E-state index contributed by atoms with van der Waals surface area (Å²) in [6.07, 6.45) is 8.16. The molecule has 0 saturated heterocycles. The van der Waals surface area contributed by atoms with E-state index < -0.39 is 0 Å². The summed E-state index contributed by atoms with van der Waals surface area (Å²) < 4.78 is 1.85. The Morgan fingerprint density at radius 1 is 1.38 bits per heavy atom. The molecule has 0 bridgehead atoms. The molecule has 0 atom stereocenters. The Labute approximate surface area is 94.3 Å². The summed E-state index contributed by atoms with van der Waals surface area (Å²) in [4.78, 5) is 4.35. The summed E-state index contributed by atoms with van der Waals surface area (Å²) in [5, 5.41) is 7.66. The maximum Gasteiger partial charge on any atom is 0.0679 e. The van der Waals surface area contributed by atoms with Gasteiger partial charge in [0.25, 0.3) is 0 Å². The van der Waals surface area contributed by atoms with Crippen molar-refractivity contribution in [3.63, 3.8) is 0 Å². The maximum absolute atomic E-state index is 4.35. The van der Waals surface area contributed by atoms with Gasteiger partial charge in [0.05, 0.1) is 11.4 Å². The second kappa shape index (κ2) is 4.06. The van der Waals surface area contributed by atoms with E-state index in [1.54, 1.807) is 6.20 Å². The standard InChI is InChI=1S/C12H14N4/c1-5-15-16(7-1)12-4-6-13-11(8-12)9-14-10-2-3-10/h1,4-8,10,14H,2-3,9H2. The molecule has 0 aromatic carbocycles. The van der Waals surface area contributed by atoms with Crippen LogP contribution in [0, 0.1) is 0 Å². The maximum atomic E-state index is 4.35. The minimum atomic E-state index is 0.718. The van der Waals surface area contributed by atoms with E-state index in [9.17, 15) is 0 Å². The Kier molecular flexibility index (Phi) is 2.42. The lowest BCUT2D eigenvalue weighted by Crippen LogP contribution is -2.16. The topological polar surface area (TPSA) is 42.7 Å². The van der Waals surface area contributed by atoms with Crippen LogP contribution in [0.15, 0.2) is 36.8 Å². The van der Waals surface area contributed by atoms with Crippen molar-refractivity contribution in [2.45, 2.75) is 25.4 Å². The molecule has 0 amide bonds. The van der Waals surface area contributed by atoms with Crippen molar-refractivity contribution in [1.29, 1.82) is 0 Å². The quantitative estimate of drug-likeness (QED) is 0.839. The molecule has 1 fully saturated rings. The Morgan fingerprint density at radius 2 is 2.31 bits per heavy atom. The van der Waals surface area contributed by atoms with Crippen molar-refractivity contribution in [3.8, 4) is 5.69 Å². The average Bonchev–Trinajstić information content (AvgIpc) is 2.99. The van der Waals surface area contributed by atoms with Crippen molar-refractivity contribution < 1.29 is 0 Å². The van der Waals surface area contributed by atoms with Crippen LogP contribution in [-0.2, 0) is 6.54 Å². The zero-order chi connectivity index (χ0) is 10.8. The predicted molar refractivity (Wildman–Crippen MR) is 61.2 cm³/mol. The highest BCUT2D eigenvalue weighted by Gasteiger charge is 2.20. The number of pyridine rings is 1. The van der Waals surface area contributed by atoms with Gasteiger partial charge < -0.3 is 5.32 Å². The van der Waals surface area contributed by atoms with E-state index in [0.29, 0.717) is 0 Å². The zero-order valence-corrected chi connectivity index (χ0v) is 9.00. The van der Waals surface area contributed by atoms with Crippen LogP contribution in [0.25, 0.3) is 5.69 Å². The first-order valence-electron chi connectivity index (χ1n) is 5.60. The molecule has 2 aromatic heterocycles. The first kappa shape index (κ1) is 9.54. The molecule has 4 nitrogen and oxygen atoms in total. The molecule has 1 saturated carbocycles. The largest absolute Gasteiger partial charge is 0.308 e. The van der Waals surface area contributed by atoms with Gasteiger partial charge in [-0.15, -0.1) is 0 Å². The summed E-state index contributed by atoms with van der Waals surface area (Å²) in [5.74, 6) is 0. The Morgan fingerprint density at radius 3 is 3.06 bits per heavy atom. The molecular weight excluding hydrogens is 200 g/mol. The van der Waals surface area contributed by atoms with Gasteiger partial charge in [0.1, 0.15) is 0 Å². The highest BCUT2D eigenvalue weighted by molar-refractivity contribution is 5.30. The molecule has 0 aliphatic heterocycles. The third kappa shape index (κ3) is 2.12. The number of aromatic nitrogens is 3. The third-order valence-electron chi connectivity index (χ3n) is 2.72. The van der Waals surface area contributed by atoms with E-state index in [1.807, 2.05) is 29.2 Å². The minimum absolute atomic E-state index is 0.718. The normalized spacial score (nSPS) is 15.2. The Hall–Kier alpha value is -1.68. The fraction of sp³-hybridized carbons (Fsp3) is 0.333. The smallest absolute Gasteiger partial charge is 0.0679 e. The molecule has 1 aliphatic rings. The zero-order valence-electron chi connectivity index (χ0n) is 9.00. The van der Waals surface area contributed by atoms with Gasteiger partial charge in [0.2, 0.25) is 0 Å². The molecular formula is C12H14N4. The molecule has 3 rings (SSSR count). The van der Waals surface area contributed by atoms with E-state index >= 15 is 0 Å². The lowest BCUT2D eigenvalue weighted by atomic mass is 10.3. The van der Waals surface area contributed by atoms with Crippen LogP contribution in [0.3, 0.4) is 0 Å². The van der Waals surface area contributed by atoms with Gasteiger partial charge in [-0.2, -0.15) is 5.10 Å². The van der Waals surface area contributed by atoms with E-state index in [2.05, 4.69) is 21.5 Å². The van der Waals surface area contributed by atoms with Gasteiger partial charge in [-0.05, 0) is 31.0 Å². The number of nitrogens with zero attached hydrogens (tertiary/aromatic N) is 3. The van der Waals surface area contributed by atoms with Crippen LogP contribution in [0.4, 0.5) is 0 Å². The lowest BCUT2D eigenvalue weighted by molar-refractivity contribution is 0.673. The van der Waals surface area contributed by atoms with E-state index in [4.69, 9.17) is 0 Å². The SMILES string of the molecule is c1cnn(-c2ccnc(CNC3CC3)c2)c1. The van der Waals surface area contributed by atoms with Gasteiger partial charge in [-0.3, -0.25) is 4.98 Å². The van der Waals surface area contributed by atoms with Gasteiger partial charge in [0.15, 0.2) is 0 Å². The third-order valence-corrected chi connectivity index (χ3v) is 2.72. The Balaban J connectivity index is 1.76. The summed E-state index contributed by atoms with van der Waals surface area (Å²) >= 11 is 0. The summed E-state index contributed by atoms with van der Waals surface area (Å²) in [5.41, 5.74) is 2.13. The second-order valence-corrected chi connectivity index (χ2v) is 4.11. The van der Waals surface area contributed by atoms with Crippen molar-refractivity contribution in [2.24, 2.45) is 0 Å². The molecule has 16 heavy (non-hydrogen) atoms. The molecule has 1 aliphatic carbocycles. The van der Waals surface area contributed by atoms with Gasteiger partial charge in [0, 0.05) is 31.2 Å². The van der Waals surface area contributed by atoms with Gasteiger partial charge >= 0.3 is 0 Å². The predicted octanol–water partition coefficient (Wildman–Crippen LogP) is 1.52. The molecule has 4 heteroatoms. The summed E-state index contributed by atoms with van der Waals surface area (Å²) in [6, 6.07) is 6.67. The molecule has 2 heterocycles. The van der Waals surface area contributed by atoms with E-state index in [0.717, 1.165) is 24.0 Å². The summed E-state index contributed by atoms with van der Waals surface area (Å²) in [6.45, 7) is 0.847. The van der Waals surface area contributed by atoms with Crippen LogP contribution >= 0.6 is 0 Å². The highest BCUT2D eigenvalue weighted by Crippen LogP contribution is 2.19. The first-order chi connectivity index (χ1) is 7.92. The highest BCUT2D eigenvalue weighted by atomic mass is 15.3.